The zero-order valence-electron chi connectivity index (χ0n) is 11.5. The SMILES string of the molecule is COc1cncc(N2Cc3ccccc3CC2CN)n1. The first-order valence-electron chi connectivity index (χ1n) is 6.71. The van der Waals surface area contributed by atoms with Gasteiger partial charge in [0.1, 0.15) is 0 Å². The monoisotopic (exact) mass is 270 g/mol. The van der Waals surface area contributed by atoms with Gasteiger partial charge in [0.2, 0.25) is 5.88 Å². The van der Waals surface area contributed by atoms with Crippen molar-refractivity contribution in [2.75, 3.05) is 18.6 Å². The van der Waals surface area contributed by atoms with Crippen LogP contribution >= 0.6 is 0 Å². The van der Waals surface area contributed by atoms with Crippen LogP contribution in [-0.4, -0.2) is 29.7 Å². The normalized spacial score (nSPS) is 17.7. The van der Waals surface area contributed by atoms with E-state index in [-0.39, 0.29) is 6.04 Å². The van der Waals surface area contributed by atoms with Crippen LogP contribution in [0.2, 0.25) is 0 Å². The van der Waals surface area contributed by atoms with Gasteiger partial charge in [-0.2, -0.15) is 4.98 Å². The van der Waals surface area contributed by atoms with Crippen LogP contribution in [0.3, 0.4) is 0 Å². The molecule has 3 rings (SSSR count). The smallest absolute Gasteiger partial charge is 0.233 e. The van der Waals surface area contributed by atoms with Gasteiger partial charge in [-0.3, -0.25) is 4.98 Å². The van der Waals surface area contributed by atoms with Gasteiger partial charge < -0.3 is 15.4 Å². The molecule has 1 aliphatic heterocycles. The van der Waals surface area contributed by atoms with Crippen molar-refractivity contribution in [2.24, 2.45) is 5.73 Å². The molecule has 0 fully saturated rings. The van der Waals surface area contributed by atoms with Gasteiger partial charge in [0.05, 0.1) is 19.5 Å². The topological polar surface area (TPSA) is 64.3 Å². The van der Waals surface area contributed by atoms with Crippen LogP contribution in [0.15, 0.2) is 36.7 Å². The lowest BCUT2D eigenvalue weighted by atomic mass is 9.94. The molecule has 2 heterocycles. The van der Waals surface area contributed by atoms with E-state index in [1.54, 1.807) is 19.5 Å². The number of rotatable bonds is 3. The van der Waals surface area contributed by atoms with Crippen molar-refractivity contribution in [3.8, 4) is 5.88 Å². The van der Waals surface area contributed by atoms with E-state index in [9.17, 15) is 0 Å². The van der Waals surface area contributed by atoms with Gasteiger partial charge in [-0.25, -0.2) is 0 Å². The van der Waals surface area contributed by atoms with Crippen molar-refractivity contribution in [3.05, 3.63) is 47.8 Å². The number of ether oxygens (including phenoxy) is 1. The van der Waals surface area contributed by atoms with Gasteiger partial charge in [-0.1, -0.05) is 24.3 Å². The Morgan fingerprint density at radius 1 is 1.30 bits per heavy atom. The minimum absolute atomic E-state index is 0.242. The average Bonchev–Trinajstić information content (AvgIpc) is 2.53. The minimum Gasteiger partial charge on any atom is -0.480 e. The second-order valence-corrected chi connectivity index (χ2v) is 4.91. The predicted molar refractivity (Wildman–Crippen MR) is 77.8 cm³/mol. The first-order chi connectivity index (χ1) is 9.81. The number of methoxy groups -OCH3 is 1. The Hall–Kier alpha value is -2.14. The molecule has 0 saturated carbocycles. The van der Waals surface area contributed by atoms with Gasteiger partial charge in [-0.15, -0.1) is 0 Å². The van der Waals surface area contributed by atoms with Crippen molar-refractivity contribution in [1.29, 1.82) is 0 Å². The van der Waals surface area contributed by atoms with Crippen LogP contribution < -0.4 is 15.4 Å². The molecule has 5 nitrogen and oxygen atoms in total. The van der Waals surface area contributed by atoms with E-state index in [2.05, 4.69) is 39.1 Å². The van der Waals surface area contributed by atoms with Gasteiger partial charge in [-0.05, 0) is 17.5 Å². The number of fused-ring (bicyclic) bond motifs is 1. The highest BCUT2D eigenvalue weighted by Crippen LogP contribution is 2.27. The van der Waals surface area contributed by atoms with E-state index in [0.717, 1.165) is 18.8 Å². The lowest BCUT2D eigenvalue weighted by Gasteiger charge is -2.37. The number of nitrogens with two attached hydrogens (primary N) is 1. The van der Waals surface area contributed by atoms with Crippen molar-refractivity contribution in [1.82, 2.24) is 9.97 Å². The Kier molecular flexibility index (Phi) is 3.52. The van der Waals surface area contributed by atoms with Crippen molar-refractivity contribution in [2.45, 2.75) is 19.0 Å². The summed E-state index contributed by atoms with van der Waals surface area (Å²) in [5, 5.41) is 0. The van der Waals surface area contributed by atoms with Gasteiger partial charge in [0, 0.05) is 19.1 Å². The van der Waals surface area contributed by atoms with E-state index in [1.165, 1.54) is 11.1 Å². The molecule has 1 aromatic carbocycles. The van der Waals surface area contributed by atoms with Gasteiger partial charge >= 0.3 is 0 Å². The van der Waals surface area contributed by atoms with Crippen molar-refractivity contribution >= 4 is 5.82 Å². The zero-order valence-corrected chi connectivity index (χ0v) is 11.5. The summed E-state index contributed by atoms with van der Waals surface area (Å²) in [6, 6.07) is 8.71. The number of nitrogens with zero attached hydrogens (tertiary/aromatic N) is 3. The fourth-order valence-electron chi connectivity index (χ4n) is 2.64. The molecule has 2 aromatic rings. The lowest BCUT2D eigenvalue weighted by Crippen LogP contribution is -2.45. The number of hydrogen-bond acceptors (Lipinski definition) is 5. The summed E-state index contributed by atoms with van der Waals surface area (Å²) in [7, 11) is 1.60. The number of hydrogen-bond donors (Lipinski definition) is 1. The maximum absolute atomic E-state index is 5.94. The molecule has 104 valence electrons. The van der Waals surface area contributed by atoms with Crippen LogP contribution in [0, 0.1) is 0 Å². The van der Waals surface area contributed by atoms with Crippen LogP contribution in [-0.2, 0) is 13.0 Å². The third-order valence-electron chi connectivity index (χ3n) is 3.73. The quantitative estimate of drug-likeness (QED) is 0.912. The third-order valence-corrected chi connectivity index (χ3v) is 3.73. The van der Waals surface area contributed by atoms with Crippen LogP contribution in [0.5, 0.6) is 5.88 Å². The maximum atomic E-state index is 5.94. The van der Waals surface area contributed by atoms with Gasteiger partial charge in [0.25, 0.3) is 0 Å². The van der Waals surface area contributed by atoms with Crippen molar-refractivity contribution < 1.29 is 4.74 Å². The standard InChI is InChI=1S/C15H18N4O/c1-20-15-9-17-8-14(18-15)19-10-12-5-3-2-4-11(12)6-13(19)7-16/h2-5,8-9,13H,6-7,10,16H2,1H3. The molecular formula is C15H18N4O. The largest absolute Gasteiger partial charge is 0.480 e. The van der Waals surface area contributed by atoms with Gasteiger partial charge in [0.15, 0.2) is 5.82 Å². The minimum atomic E-state index is 0.242. The molecule has 1 unspecified atom stereocenters. The molecule has 0 spiro atoms. The third kappa shape index (κ3) is 2.32. The summed E-state index contributed by atoms with van der Waals surface area (Å²) in [4.78, 5) is 10.9. The molecule has 2 N–H and O–H groups in total. The van der Waals surface area contributed by atoms with E-state index < -0.39 is 0 Å². The predicted octanol–water partition coefficient (Wildman–Crippen LogP) is 1.38. The second kappa shape index (κ2) is 5.46. The highest BCUT2D eigenvalue weighted by Gasteiger charge is 2.26. The molecule has 1 atom stereocenters. The average molecular weight is 270 g/mol. The van der Waals surface area contributed by atoms with Crippen LogP contribution in [0.1, 0.15) is 11.1 Å². The summed E-state index contributed by atoms with van der Waals surface area (Å²) >= 11 is 0. The molecule has 1 aliphatic rings. The molecule has 0 bridgehead atoms. The maximum Gasteiger partial charge on any atom is 0.233 e. The fourth-order valence-corrected chi connectivity index (χ4v) is 2.64. The summed E-state index contributed by atoms with van der Waals surface area (Å²) in [6.45, 7) is 1.40. The first kappa shape index (κ1) is 12.9. The number of anilines is 1. The van der Waals surface area contributed by atoms with E-state index in [4.69, 9.17) is 10.5 Å². The summed E-state index contributed by atoms with van der Waals surface area (Å²) < 4.78 is 5.15. The van der Waals surface area contributed by atoms with Crippen LogP contribution in [0.25, 0.3) is 0 Å². The summed E-state index contributed by atoms with van der Waals surface area (Å²) in [5.74, 6) is 1.34. The van der Waals surface area contributed by atoms with E-state index in [0.29, 0.717) is 12.4 Å². The number of benzene rings is 1. The fraction of sp³-hybridized carbons (Fsp3) is 0.333. The summed E-state index contributed by atoms with van der Waals surface area (Å²) in [6.07, 6.45) is 4.31. The Bertz CT molecular complexity index is 602. The molecule has 0 amide bonds. The van der Waals surface area contributed by atoms with Crippen LogP contribution in [0.4, 0.5) is 5.82 Å². The molecule has 0 radical (unpaired) electrons. The molecule has 1 aromatic heterocycles. The molecule has 0 saturated heterocycles. The number of aromatic nitrogens is 2. The Labute approximate surface area is 118 Å². The van der Waals surface area contributed by atoms with Crippen molar-refractivity contribution in [3.63, 3.8) is 0 Å². The molecule has 5 heteroatoms. The molecular weight excluding hydrogens is 252 g/mol. The first-order valence-corrected chi connectivity index (χ1v) is 6.71. The Morgan fingerprint density at radius 2 is 2.10 bits per heavy atom. The Balaban J connectivity index is 1.95. The highest BCUT2D eigenvalue weighted by atomic mass is 16.5. The molecule has 0 aliphatic carbocycles. The zero-order chi connectivity index (χ0) is 13.9. The van der Waals surface area contributed by atoms with E-state index in [1.807, 2.05) is 0 Å². The second-order valence-electron chi connectivity index (χ2n) is 4.91. The lowest BCUT2D eigenvalue weighted by molar-refractivity contribution is 0.394. The summed E-state index contributed by atoms with van der Waals surface area (Å²) in [5.41, 5.74) is 8.63. The van der Waals surface area contributed by atoms with E-state index >= 15 is 0 Å². The highest BCUT2D eigenvalue weighted by molar-refractivity contribution is 5.45. The molecule has 20 heavy (non-hydrogen) atoms. The Morgan fingerprint density at radius 3 is 2.85 bits per heavy atom.